The standard InChI is InChI=1S/C16H21BrN4O2/c1-16(2,3)23-15(22)20-9-7-11(8-10-20)21-13-6-4-5-12(17)14(13)18-19-21/h4-6,11H,7-10H2,1-3H3. The summed E-state index contributed by atoms with van der Waals surface area (Å²) in [5.41, 5.74) is 1.44. The van der Waals surface area contributed by atoms with E-state index in [1.165, 1.54) is 0 Å². The first-order valence-corrected chi connectivity index (χ1v) is 8.62. The van der Waals surface area contributed by atoms with E-state index in [0.29, 0.717) is 13.1 Å². The van der Waals surface area contributed by atoms with Gasteiger partial charge >= 0.3 is 6.09 Å². The Hall–Kier alpha value is -1.63. The van der Waals surface area contributed by atoms with Crippen molar-refractivity contribution in [3.05, 3.63) is 22.7 Å². The lowest BCUT2D eigenvalue weighted by Crippen LogP contribution is -2.42. The minimum absolute atomic E-state index is 0.234. The first kappa shape index (κ1) is 16.2. The molecule has 1 saturated heterocycles. The van der Waals surface area contributed by atoms with Gasteiger partial charge in [-0.2, -0.15) is 0 Å². The zero-order chi connectivity index (χ0) is 16.6. The van der Waals surface area contributed by atoms with Crippen LogP contribution in [0.5, 0.6) is 0 Å². The second-order valence-corrected chi connectivity index (χ2v) is 7.69. The van der Waals surface area contributed by atoms with Crippen LogP contribution in [0, 0.1) is 0 Å². The number of fused-ring (bicyclic) bond motifs is 1. The zero-order valence-electron chi connectivity index (χ0n) is 13.6. The maximum atomic E-state index is 12.1. The summed E-state index contributed by atoms with van der Waals surface area (Å²) in [6.07, 6.45) is 1.47. The lowest BCUT2D eigenvalue weighted by Gasteiger charge is -2.33. The number of carbonyl (C=O) groups excluding carboxylic acids is 1. The van der Waals surface area contributed by atoms with E-state index in [0.717, 1.165) is 28.3 Å². The minimum atomic E-state index is -0.456. The predicted octanol–water partition coefficient (Wildman–Crippen LogP) is 3.77. The molecule has 2 heterocycles. The molecule has 0 unspecified atom stereocenters. The maximum absolute atomic E-state index is 12.1. The molecule has 0 bridgehead atoms. The van der Waals surface area contributed by atoms with Crippen molar-refractivity contribution in [3.63, 3.8) is 0 Å². The Labute approximate surface area is 143 Å². The number of hydrogen-bond donors (Lipinski definition) is 0. The van der Waals surface area contributed by atoms with E-state index < -0.39 is 5.60 Å². The van der Waals surface area contributed by atoms with Crippen LogP contribution in [0.15, 0.2) is 22.7 Å². The first-order chi connectivity index (χ1) is 10.8. The molecule has 0 spiro atoms. The number of nitrogens with zero attached hydrogens (tertiary/aromatic N) is 4. The molecule has 1 aromatic carbocycles. The van der Waals surface area contributed by atoms with E-state index in [2.05, 4.69) is 26.2 Å². The van der Waals surface area contributed by atoms with Crippen molar-refractivity contribution in [1.82, 2.24) is 19.9 Å². The van der Waals surface area contributed by atoms with Crippen LogP contribution in [-0.2, 0) is 4.74 Å². The van der Waals surface area contributed by atoms with Crippen molar-refractivity contribution < 1.29 is 9.53 Å². The van der Waals surface area contributed by atoms with Crippen molar-refractivity contribution in [1.29, 1.82) is 0 Å². The number of ether oxygens (including phenoxy) is 1. The number of carbonyl (C=O) groups is 1. The van der Waals surface area contributed by atoms with Gasteiger partial charge in [0.15, 0.2) is 0 Å². The van der Waals surface area contributed by atoms with E-state index in [1.54, 1.807) is 4.90 Å². The molecular weight excluding hydrogens is 360 g/mol. The summed E-state index contributed by atoms with van der Waals surface area (Å²) in [6.45, 7) is 7.01. The molecular formula is C16H21BrN4O2. The summed E-state index contributed by atoms with van der Waals surface area (Å²) in [4.78, 5) is 13.9. The summed E-state index contributed by atoms with van der Waals surface area (Å²) in [5.74, 6) is 0. The molecule has 0 N–H and O–H groups in total. The van der Waals surface area contributed by atoms with Crippen LogP contribution in [0.4, 0.5) is 4.79 Å². The number of rotatable bonds is 1. The van der Waals surface area contributed by atoms with Crippen molar-refractivity contribution in [2.75, 3.05) is 13.1 Å². The van der Waals surface area contributed by atoms with Gasteiger partial charge in [0.25, 0.3) is 0 Å². The van der Waals surface area contributed by atoms with Gasteiger partial charge in [-0.15, -0.1) is 5.10 Å². The van der Waals surface area contributed by atoms with Gasteiger partial charge in [-0.3, -0.25) is 0 Å². The van der Waals surface area contributed by atoms with Gasteiger partial charge in [0.2, 0.25) is 0 Å². The Morgan fingerprint density at radius 1 is 1.30 bits per heavy atom. The summed E-state index contributed by atoms with van der Waals surface area (Å²) >= 11 is 3.51. The highest BCUT2D eigenvalue weighted by Gasteiger charge is 2.28. The fraction of sp³-hybridized carbons (Fsp3) is 0.562. The second-order valence-electron chi connectivity index (χ2n) is 6.84. The van der Waals surface area contributed by atoms with Gasteiger partial charge in [0, 0.05) is 17.6 Å². The third-order valence-corrected chi connectivity index (χ3v) is 4.56. The Kier molecular flexibility index (Phi) is 4.31. The summed E-state index contributed by atoms with van der Waals surface area (Å²) < 4.78 is 8.37. The molecule has 23 heavy (non-hydrogen) atoms. The van der Waals surface area contributed by atoms with Crippen molar-refractivity contribution in [2.45, 2.75) is 45.3 Å². The highest BCUT2D eigenvalue weighted by atomic mass is 79.9. The number of amides is 1. The van der Waals surface area contributed by atoms with Gasteiger partial charge in [-0.25, -0.2) is 9.48 Å². The lowest BCUT2D eigenvalue weighted by molar-refractivity contribution is 0.0185. The molecule has 1 aliphatic rings. The molecule has 1 aromatic heterocycles. The highest BCUT2D eigenvalue weighted by molar-refractivity contribution is 9.10. The fourth-order valence-electron chi connectivity index (χ4n) is 2.82. The molecule has 1 fully saturated rings. The smallest absolute Gasteiger partial charge is 0.410 e. The van der Waals surface area contributed by atoms with E-state index >= 15 is 0 Å². The van der Waals surface area contributed by atoms with Crippen molar-refractivity contribution in [2.24, 2.45) is 0 Å². The summed E-state index contributed by atoms with van der Waals surface area (Å²) in [5, 5.41) is 8.57. The molecule has 2 aromatic rings. The van der Waals surface area contributed by atoms with Gasteiger partial charge < -0.3 is 9.64 Å². The number of piperidine rings is 1. The predicted molar refractivity (Wildman–Crippen MR) is 91.3 cm³/mol. The number of benzene rings is 1. The van der Waals surface area contributed by atoms with Crippen LogP contribution in [0.1, 0.15) is 39.7 Å². The molecule has 124 valence electrons. The number of halogens is 1. The lowest BCUT2D eigenvalue weighted by atomic mass is 10.1. The van der Waals surface area contributed by atoms with E-state index in [-0.39, 0.29) is 12.1 Å². The van der Waals surface area contributed by atoms with Crippen LogP contribution in [-0.4, -0.2) is 44.7 Å². The molecule has 6 nitrogen and oxygen atoms in total. The summed E-state index contributed by atoms with van der Waals surface area (Å²) in [7, 11) is 0. The molecule has 1 aliphatic heterocycles. The SMILES string of the molecule is CC(C)(C)OC(=O)N1CCC(n2nnc3c(Br)cccc32)CC1. The quantitative estimate of drug-likeness (QED) is 0.755. The van der Waals surface area contributed by atoms with E-state index in [4.69, 9.17) is 4.74 Å². The first-order valence-electron chi connectivity index (χ1n) is 7.82. The molecule has 0 aliphatic carbocycles. The Bertz CT molecular complexity index is 714. The van der Waals surface area contributed by atoms with Crippen LogP contribution < -0.4 is 0 Å². The Balaban J connectivity index is 1.69. The van der Waals surface area contributed by atoms with E-state index in [9.17, 15) is 4.79 Å². The third kappa shape index (κ3) is 3.49. The van der Waals surface area contributed by atoms with Gasteiger partial charge in [-0.1, -0.05) is 11.3 Å². The number of hydrogen-bond acceptors (Lipinski definition) is 4. The van der Waals surface area contributed by atoms with Gasteiger partial charge in [0.05, 0.1) is 11.6 Å². The molecule has 3 rings (SSSR count). The Morgan fingerprint density at radius 2 is 2.00 bits per heavy atom. The van der Waals surface area contributed by atoms with Gasteiger partial charge in [0.1, 0.15) is 11.1 Å². The van der Waals surface area contributed by atoms with Crippen molar-refractivity contribution in [3.8, 4) is 0 Å². The Morgan fingerprint density at radius 3 is 2.65 bits per heavy atom. The van der Waals surface area contributed by atoms with Gasteiger partial charge in [-0.05, 0) is 61.7 Å². The fourth-order valence-corrected chi connectivity index (χ4v) is 3.25. The maximum Gasteiger partial charge on any atom is 0.410 e. The van der Waals surface area contributed by atoms with Crippen LogP contribution in [0.25, 0.3) is 11.0 Å². The largest absolute Gasteiger partial charge is 0.444 e. The van der Waals surface area contributed by atoms with Crippen LogP contribution in [0.3, 0.4) is 0 Å². The summed E-state index contributed by atoms with van der Waals surface area (Å²) in [6, 6.07) is 6.24. The second kappa shape index (κ2) is 6.11. The monoisotopic (exact) mass is 380 g/mol. The van der Waals surface area contributed by atoms with E-state index in [1.807, 2.05) is 43.7 Å². The highest BCUT2D eigenvalue weighted by Crippen LogP contribution is 2.28. The zero-order valence-corrected chi connectivity index (χ0v) is 15.2. The average molecular weight is 381 g/mol. The van der Waals surface area contributed by atoms with Crippen LogP contribution >= 0.6 is 15.9 Å². The number of likely N-dealkylation sites (tertiary alicyclic amines) is 1. The average Bonchev–Trinajstić information content (AvgIpc) is 2.91. The normalized spacial score (nSPS) is 16.8. The third-order valence-electron chi connectivity index (χ3n) is 3.92. The van der Waals surface area contributed by atoms with Crippen LogP contribution in [0.2, 0.25) is 0 Å². The van der Waals surface area contributed by atoms with Crippen molar-refractivity contribution >= 4 is 33.1 Å². The molecule has 0 radical (unpaired) electrons. The number of aromatic nitrogens is 3. The minimum Gasteiger partial charge on any atom is -0.444 e. The molecule has 0 atom stereocenters. The molecule has 0 saturated carbocycles. The topological polar surface area (TPSA) is 60.2 Å². The molecule has 1 amide bonds. The molecule has 7 heteroatoms.